The molecule has 31 heavy (non-hydrogen) atoms. The monoisotopic (exact) mass is 445 g/mol. The summed E-state index contributed by atoms with van der Waals surface area (Å²) >= 11 is 1.38. The van der Waals surface area contributed by atoms with E-state index in [-0.39, 0.29) is 24.4 Å². The van der Waals surface area contributed by atoms with Crippen LogP contribution in [0.15, 0.2) is 29.4 Å². The Morgan fingerprint density at radius 2 is 1.94 bits per heavy atom. The first kappa shape index (κ1) is 23.1. The summed E-state index contributed by atoms with van der Waals surface area (Å²) in [6, 6.07) is 7.20. The molecule has 2 aromatic rings. The zero-order valence-corrected chi connectivity index (χ0v) is 19.2. The van der Waals surface area contributed by atoms with Crippen molar-refractivity contribution in [1.29, 1.82) is 0 Å². The Kier molecular flexibility index (Phi) is 8.34. The molecule has 3 rings (SSSR count). The van der Waals surface area contributed by atoms with E-state index >= 15 is 0 Å². The predicted molar refractivity (Wildman–Crippen MR) is 120 cm³/mol. The molecule has 2 atom stereocenters. The van der Waals surface area contributed by atoms with Crippen molar-refractivity contribution >= 4 is 23.6 Å². The van der Waals surface area contributed by atoms with Gasteiger partial charge < -0.3 is 19.9 Å². The molecular formula is C22H31N5O3S. The number of ether oxygens (including phenoxy) is 1. The molecule has 2 amide bonds. The molecule has 0 unspecified atom stereocenters. The molecule has 2 N–H and O–H groups in total. The molecule has 9 heteroatoms. The first-order valence-electron chi connectivity index (χ1n) is 10.8. The molecule has 0 radical (unpaired) electrons. The van der Waals surface area contributed by atoms with Gasteiger partial charge in [-0.3, -0.25) is 9.59 Å². The molecule has 1 aliphatic carbocycles. The van der Waals surface area contributed by atoms with Crippen LogP contribution < -0.4 is 15.4 Å². The quantitative estimate of drug-likeness (QED) is 0.576. The molecule has 1 aliphatic rings. The second-order valence-corrected chi connectivity index (χ2v) is 8.72. The van der Waals surface area contributed by atoms with Crippen LogP contribution >= 0.6 is 11.8 Å². The third-order valence-corrected chi connectivity index (χ3v) is 6.63. The molecule has 0 bridgehead atoms. The van der Waals surface area contributed by atoms with Gasteiger partial charge in [-0.1, -0.05) is 31.5 Å². The molecule has 1 heterocycles. The number of carbonyl (C=O) groups excluding carboxylic acids is 2. The van der Waals surface area contributed by atoms with Gasteiger partial charge in [0.2, 0.25) is 5.91 Å². The molecule has 1 fully saturated rings. The van der Waals surface area contributed by atoms with Gasteiger partial charge in [0.15, 0.2) is 11.0 Å². The molecule has 1 saturated carbocycles. The first-order valence-corrected chi connectivity index (χ1v) is 11.8. The maximum Gasteiger partial charge on any atom is 0.251 e. The summed E-state index contributed by atoms with van der Waals surface area (Å²) in [7, 11) is 1.59. The van der Waals surface area contributed by atoms with Crippen molar-refractivity contribution in [2.75, 3.05) is 12.9 Å². The number of carbonyl (C=O) groups is 2. The third-order valence-electron chi connectivity index (χ3n) is 5.66. The smallest absolute Gasteiger partial charge is 0.251 e. The average molecular weight is 446 g/mol. The Balaban J connectivity index is 1.52. The van der Waals surface area contributed by atoms with Crippen molar-refractivity contribution in [3.63, 3.8) is 0 Å². The van der Waals surface area contributed by atoms with E-state index in [0.717, 1.165) is 6.42 Å². The van der Waals surface area contributed by atoms with Gasteiger partial charge in [-0.2, -0.15) is 0 Å². The van der Waals surface area contributed by atoms with Gasteiger partial charge in [-0.15, -0.1) is 10.2 Å². The fourth-order valence-electron chi connectivity index (χ4n) is 3.79. The van der Waals surface area contributed by atoms with Crippen LogP contribution in [0.5, 0.6) is 5.75 Å². The molecule has 1 aromatic carbocycles. The van der Waals surface area contributed by atoms with E-state index in [9.17, 15) is 9.59 Å². The number of methoxy groups -OCH3 is 1. The van der Waals surface area contributed by atoms with Crippen molar-refractivity contribution in [1.82, 2.24) is 25.4 Å². The van der Waals surface area contributed by atoms with Gasteiger partial charge in [0.05, 0.1) is 19.4 Å². The normalized spacial score (nSPS) is 18.4. The highest BCUT2D eigenvalue weighted by Crippen LogP contribution is 2.24. The summed E-state index contributed by atoms with van der Waals surface area (Å²) in [4.78, 5) is 24.8. The van der Waals surface area contributed by atoms with Crippen LogP contribution in [0.25, 0.3) is 0 Å². The van der Waals surface area contributed by atoms with Gasteiger partial charge in [-0.05, 0) is 49.9 Å². The van der Waals surface area contributed by atoms with E-state index in [4.69, 9.17) is 4.74 Å². The van der Waals surface area contributed by atoms with Crippen LogP contribution in [0, 0.1) is 5.92 Å². The molecular weight excluding hydrogens is 414 g/mol. The minimum atomic E-state index is -0.191. The number of rotatable bonds is 9. The summed E-state index contributed by atoms with van der Waals surface area (Å²) in [5.74, 6) is 2.04. The fraction of sp³-hybridized carbons (Fsp3) is 0.545. The maximum absolute atomic E-state index is 12.4. The van der Waals surface area contributed by atoms with Crippen LogP contribution in [0.3, 0.4) is 0 Å². The van der Waals surface area contributed by atoms with Crippen molar-refractivity contribution in [3.8, 4) is 5.75 Å². The lowest BCUT2D eigenvalue weighted by Crippen LogP contribution is -2.41. The van der Waals surface area contributed by atoms with Crippen LogP contribution in [0.4, 0.5) is 0 Å². The van der Waals surface area contributed by atoms with Crippen LogP contribution in [0.2, 0.25) is 0 Å². The zero-order valence-electron chi connectivity index (χ0n) is 18.4. The number of aromatic nitrogens is 3. The second-order valence-electron chi connectivity index (χ2n) is 7.78. The molecule has 0 aliphatic heterocycles. The van der Waals surface area contributed by atoms with E-state index in [1.54, 1.807) is 31.4 Å². The highest BCUT2D eigenvalue weighted by atomic mass is 32.2. The van der Waals surface area contributed by atoms with Gasteiger partial charge in [0.1, 0.15) is 5.75 Å². The number of nitrogens with zero attached hydrogens (tertiary/aromatic N) is 3. The number of thioether (sulfide) groups is 1. The summed E-state index contributed by atoms with van der Waals surface area (Å²) < 4.78 is 7.04. The van der Waals surface area contributed by atoms with Crippen LogP contribution in [-0.4, -0.2) is 45.5 Å². The van der Waals surface area contributed by atoms with Crippen molar-refractivity contribution in [2.45, 2.75) is 63.8 Å². The lowest BCUT2D eigenvalue weighted by Gasteiger charge is -2.29. The highest BCUT2D eigenvalue weighted by Gasteiger charge is 2.23. The van der Waals surface area contributed by atoms with Gasteiger partial charge in [0, 0.05) is 18.2 Å². The minimum Gasteiger partial charge on any atom is -0.497 e. The Morgan fingerprint density at radius 3 is 2.61 bits per heavy atom. The number of amides is 2. The van der Waals surface area contributed by atoms with E-state index in [0.29, 0.717) is 40.5 Å². The van der Waals surface area contributed by atoms with Crippen molar-refractivity contribution < 1.29 is 14.3 Å². The third kappa shape index (κ3) is 6.22. The summed E-state index contributed by atoms with van der Waals surface area (Å²) in [6.07, 6.45) is 4.66. The summed E-state index contributed by atoms with van der Waals surface area (Å²) in [5.41, 5.74) is 0.548. The van der Waals surface area contributed by atoms with Gasteiger partial charge in [-0.25, -0.2) is 0 Å². The lowest BCUT2D eigenvalue weighted by atomic mass is 9.86. The average Bonchev–Trinajstić information content (AvgIpc) is 3.19. The number of hydrogen-bond acceptors (Lipinski definition) is 6. The number of hydrogen-bond donors (Lipinski definition) is 2. The van der Waals surface area contributed by atoms with E-state index in [2.05, 4.69) is 27.8 Å². The van der Waals surface area contributed by atoms with Crippen LogP contribution in [0.1, 0.15) is 55.7 Å². The summed E-state index contributed by atoms with van der Waals surface area (Å²) in [6.45, 7) is 5.12. The first-order chi connectivity index (χ1) is 15.0. The fourth-order valence-corrected chi connectivity index (χ4v) is 4.62. The Morgan fingerprint density at radius 1 is 1.19 bits per heavy atom. The summed E-state index contributed by atoms with van der Waals surface area (Å²) in [5, 5.41) is 15.2. The Hall–Kier alpha value is -2.55. The van der Waals surface area contributed by atoms with E-state index in [1.165, 1.54) is 31.0 Å². The Bertz CT molecular complexity index is 884. The maximum atomic E-state index is 12.4. The number of nitrogens with one attached hydrogen (secondary N) is 2. The largest absolute Gasteiger partial charge is 0.497 e. The van der Waals surface area contributed by atoms with Crippen molar-refractivity contribution in [3.05, 3.63) is 35.7 Å². The van der Waals surface area contributed by atoms with Gasteiger partial charge in [0.25, 0.3) is 5.91 Å². The second kappa shape index (κ2) is 11.2. The molecule has 0 spiro atoms. The highest BCUT2D eigenvalue weighted by molar-refractivity contribution is 7.99. The molecule has 1 aromatic heterocycles. The lowest BCUT2D eigenvalue weighted by molar-refractivity contribution is -0.119. The predicted octanol–water partition coefficient (Wildman–Crippen LogP) is 3.02. The SMILES string of the molecule is CCn1c(CNC(=O)c2ccc(OC)cc2)nnc1SCC(=O)N[C@H]1CCCC[C@H]1C. The zero-order chi connectivity index (χ0) is 22.2. The molecule has 0 saturated heterocycles. The minimum absolute atomic E-state index is 0.0313. The van der Waals surface area contributed by atoms with E-state index < -0.39 is 0 Å². The number of benzene rings is 1. The Labute approximate surface area is 187 Å². The molecule has 8 nitrogen and oxygen atoms in total. The molecule has 168 valence electrons. The topological polar surface area (TPSA) is 98.1 Å². The van der Waals surface area contributed by atoms with Crippen LogP contribution in [-0.2, 0) is 17.9 Å². The standard InChI is InChI=1S/C22H31N5O3S/c1-4-27-19(13-23-21(29)16-9-11-17(30-3)12-10-16)25-26-22(27)31-14-20(28)24-18-8-6-5-7-15(18)2/h9-12,15,18H,4-8,13-14H2,1-3H3,(H,23,29)(H,24,28)/t15-,18+/m1/s1. The van der Waals surface area contributed by atoms with Gasteiger partial charge >= 0.3 is 0 Å². The van der Waals surface area contributed by atoms with Crippen molar-refractivity contribution in [2.24, 2.45) is 5.92 Å². The van der Waals surface area contributed by atoms with E-state index in [1.807, 2.05) is 11.5 Å².